The fourth-order valence-corrected chi connectivity index (χ4v) is 2.09. The third-order valence-electron chi connectivity index (χ3n) is 2.60. The molecule has 4 nitrogen and oxygen atoms in total. The van der Waals surface area contributed by atoms with E-state index in [0.29, 0.717) is 5.56 Å². The summed E-state index contributed by atoms with van der Waals surface area (Å²) in [5.41, 5.74) is 0.307. The van der Waals surface area contributed by atoms with Gasteiger partial charge in [0.05, 0.1) is 5.56 Å². The molecule has 1 aliphatic heterocycles. The van der Waals surface area contributed by atoms with E-state index in [9.17, 15) is 9.90 Å². The lowest BCUT2D eigenvalue weighted by Gasteiger charge is -2.12. The molecule has 0 radical (unpaired) electrons. The molecule has 1 aromatic carbocycles. The second-order valence-electron chi connectivity index (χ2n) is 3.82. The first kappa shape index (κ1) is 11.4. The van der Waals surface area contributed by atoms with Crippen molar-refractivity contribution in [1.82, 2.24) is 10.6 Å². The average molecular weight is 285 g/mol. The van der Waals surface area contributed by atoms with Gasteiger partial charge < -0.3 is 15.7 Å². The maximum absolute atomic E-state index is 11.9. The quantitative estimate of drug-likeness (QED) is 0.766. The standard InChI is InChI=1S/C11H13BrN2O2/c12-7-1-2-10(15)9(5-7)11(16)14-8-3-4-13-6-8/h1-2,5,8,13,15H,3-4,6H2,(H,14,16)/t8-/m1/s1. The highest BCUT2D eigenvalue weighted by Crippen LogP contribution is 2.21. The fourth-order valence-electron chi connectivity index (χ4n) is 1.73. The molecule has 0 aromatic heterocycles. The van der Waals surface area contributed by atoms with E-state index >= 15 is 0 Å². The lowest BCUT2D eigenvalue weighted by Crippen LogP contribution is -2.36. The summed E-state index contributed by atoms with van der Waals surface area (Å²) >= 11 is 3.27. The molecule has 0 aliphatic carbocycles. The van der Waals surface area contributed by atoms with Gasteiger partial charge in [-0.3, -0.25) is 4.79 Å². The number of phenolic OH excluding ortho intramolecular Hbond substituents is 1. The Morgan fingerprint density at radius 1 is 1.56 bits per heavy atom. The Bertz CT molecular complexity index is 403. The van der Waals surface area contributed by atoms with Gasteiger partial charge in [-0.1, -0.05) is 15.9 Å². The maximum atomic E-state index is 11.9. The van der Waals surface area contributed by atoms with Gasteiger partial charge in [0.25, 0.3) is 5.91 Å². The Labute approximate surface area is 102 Å². The van der Waals surface area contributed by atoms with Crippen LogP contribution in [0.25, 0.3) is 0 Å². The number of rotatable bonds is 2. The third-order valence-corrected chi connectivity index (χ3v) is 3.09. The van der Waals surface area contributed by atoms with Crippen LogP contribution in [0, 0.1) is 0 Å². The van der Waals surface area contributed by atoms with Crippen LogP contribution in [0.5, 0.6) is 5.75 Å². The van der Waals surface area contributed by atoms with Gasteiger partial charge in [0.15, 0.2) is 0 Å². The normalized spacial score (nSPS) is 19.7. The van der Waals surface area contributed by atoms with E-state index in [1.807, 2.05) is 0 Å². The van der Waals surface area contributed by atoms with Crippen molar-refractivity contribution in [1.29, 1.82) is 0 Å². The zero-order valence-corrected chi connectivity index (χ0v) is 10.3. The summed E-state index contributed by atoms with van der Waals surface area (Å²) in [6.07, 6.45) is 0.931. The Balaban J connectivity index is 2.10. The highest BCUT2D eigenvalue weighted by atomic mass is 79.9. The molecule has 86 valence electrons. The number of benzene rings is 1. The van der Waals surface area contributed by atoms with Gasteiger partial charge in [-0.05, 0) is 31.2 Å². The van der Waals surface area contributed by atoms with Gasteiger partial charge in [-0.2, -0.15) is 0 Å². The predicted octanol–water partition coefficient (Wildman–Crippen LogP) is 1.25. The molecule has 1 saturated heterocycles. The number of nitrogens with one attached hydrogen (secondary N) is 2. The highest BCUT2D eigenvalue weighted by Gasteiger charge is 2.19. The maximum Gasteiger partial charge on any atom is 0.255 e. The summed E-state index contributed by atoms with van der Waals surface area (Å²) in [5, 5.41) is 15.6. The summed E-state index contributed by atoms with van der Waals surface area (Å²) in [7, 11) is 0. The summed E-state index contributed by atoms with van der Waals surface area (Å²) in [6.45, 7) is 1.72. The smallest absolute Gasteiger partial charge is 0.255 e. The minimum Gasteiger partial charge on any atom is -0.507 e. The van der Waals surface area contributed by atoms with Crippen molar-refractivity contribution in [2.75, 3.05) is 13.1 Å². The average Bonchev–Trinajstić information content (AvgIpc) is 2.74. The van der Waals surface area contributed by atoms with E-state index in [-0.39, 0.29) is 17.7 Å². The van der Waals surface area contributed by atoms with E-state index in [1.165, 1.54) is 6.07 Å². The van der Waals surface area contributed by atoms with E-state index in [0.717, 1.165) is 24.0 Å². The van der Waals surface area contributed by atoms with Gasteiger partial charge in [0.1, 0.15) is 5.75 Å². The van der Waals surface area contributed by atoms with Crippen molar-refractivity contribution in [2.24, 2.45) is 0 Å². The fraction of sp³-hybridized carbons (Fsp3) is 0.364. The summed E-state index contributed by atoms with van der Waals surface area (Å²) in [6, 6.07) is 4.98. The number of carbonyl (C=O) groups excluding carboxylic acids is 1. The van der Waals surface area contributed by atoms with Crippen molar-refractivity contribution in [2.45, 2.75) is 12.5 Å². The lowest BCUT2D eigenvalue weighted by molar-refractivity contribution is 0.0937. The second kappa shape index (κ2) is 4.84. The molecule has 1 aliphatic rings. The van der Waals surface area contributed by atoms with Crippen LogP contribution >= 0.6 is 15.9 Å². The molecule has 16 heavy (non-hydrogen) atoms. The molecule has 1 heterocycles. The SMILES string of the molecule is O=C(N[C@@H]1CCNC1)c1cc(Br)ccc1O. The molecule has 1 fully saturated rings. The monoisotopic (exact) mass is 284 g/mol. The van der Waals surface area contributed by atoms with Crippen molar-refractivity contribution >= 4 is 21.8 Å². The highest BCUT2D eigenvalue weighted by molar-refractivity contribution is 9.10. The molecule has 0 unspecified atom stereocenters. The number of amides is 1. The Morgan fingerprint density at radius 3 is 3.06 bits per heavy atom. The zero-order chi connectivity index (χ0) is 11.5. The number of halogens is 1. The van der Waals surface area contributed by atoms with Crippen LogP contribution in [0.15, 0.2) is 22.7 Å². The van der Waals surface area contributed by atoms with Crippen LogP contribution in [-0.4, -0.2) is 30.1 Å². The van der Waals surface area contributed by atoms with Gasteiger partial charge >= 0.3 is 0 Å². The van der Waals surface area contributed by atoms with Gasteiger partial charge in [0.2, 0.25) is 0 Å². The Kier molecular flexibility index (Phi) is 3.46. The molecule has 1 amide bonds. The first-order chi connectivity index (χ1) is 7.66. The van der Waals surface area contributed by atoms with Crippen molar-refractivity contribution in [3.8, 4) is 5.75 Å². The zero-order valence-electron chi connectivity index (χ0n) is 8.66. The van der Waals surface area contributed by atoms with Crippen LogP contribution in [-0.2, 0) is 0 Å². The van der Waals surface area contributed by atoms with E-state index in [1.54, 1.807) is 12.1 Å². The van der Waals surface area contributed by atoms with Crippen LogP contribution in [0.3, 0.4) is 0 Å². The molecule has 2 rings (SSSR count). The summed E-state index contributed by atoms with van der Waals surface area (Å²) in [5.74, 6) is -0.223. The summed E-state index contributed by atoms with van der Waals surface area (Å²) in [4.78, 5) is 11.9. The number of aromatic hydroxyl groups is 1. The Morgan fingerprint density at radius 2 is 2.38 bits per heavy atom. The van der Waals surface area contributed by atoms with Crippen molar-refractivity contribution < 1.29 is 9.90 Å². The van der Waals surface area contributed by atoms with Gasteiger partial charge in [-0.25, -0.2) is 0 Å². The molecule has 0 saturated carbocycles. The molecular weight excluding hydrogens is 272 g/mol. The van der Waals surface area contributed by atoms with Crippen LogP contribution in [0.1, 0.15) is 16.8 Å². The van der Waals surface area contributed by atoms with Crippen LogP contribution < -0.4 is 10.6 Å². The minimum absolute atomic E-state index is 0.00616. The molecular formula is C11H13BrN2O2. The van der Waals surface area contributed by atoms with E-state index in [4.69, 9.17) is 0 Å². The summed E-state index contributed by atoms with van der Waals surface area (Å²) < 4.78 is 0.778. The number of hydrogen-bond donors (Lipinski definition) is 3. The minimum atomic E-state index is -0.229. The molecule has 5 heteroatoms. The molecule has 0 bridgehead atoms. The second-order valence-corrected chi connectivity index (χ2v) is 4.74. The van der Waals surface area contributed by atoms with Gasteiger partial charge in [0, 0.05) is 17.1 Å². The first-order valence-corrected chi connectivity index (χ1v) is 5.96. The van der Waals surface area contributed by atoms with E-state index in [2.05, 4.69) is 26.6 Å². The third kappa shape index (κ3) is 2.54. The van der Waals surface area contributed by atoms with E-state index < -0.39 is 0 Å². The lowest BCUT2D eigenvalue weighted by atomic mass is 10.1. The number of carbonyl (C=O) groups is 1. The molecule has 1 aromatic rings. The van der Waals surface area contributed by atoms with Gasteiger partial charge in [-0.15, -0.1) is 0 Å². The number of phenols is 1. The first-order valence-electron chi connectivity index (χ1n) is 5.17. The van der Waals surface area contributed by atoms with Crippen molar-refractivity contribution in [3.05, 3.63) is 28.2 Å². The topological polar surface area (TPSA) is 61.4 Å². The predicted molar refractivity (Wildman–Crippen MR) is 64.5 cm³/mol. The van der Waals surface area contributed by atoms with Crippen molar-refractivity contribution in [3.63, 3.8) is 0 Å². The molecule has 1 atom stereocenters. The molecule has 0 spiro atoms. The van der Waals surface area contributed by atoms with Crippen LogP contribution in [0.2, 0.25) is 0 Å². The molecule has 3 N–H and O–H groups in total. The Hall–Kier alpha value is -1.07. The number of hydrogen-bond acceptors (Lipinski definition) is 3. The van der Waals surface area contributed by atoms with Crippen LogP contribution in [0.4, 0.5) is 0 Å². The largest absolute Gasteiger partial charge is 0.507 e.